The molecule has 2 aliphatic rings. The maximum Gasteiger partial charge on any atom is 0.251 e. The molecule has 5 rings (SSSR count). The molecule has 0 aromatic heterocycles. The number of hydrogen-bond acceptors (Lipinski definition) is 6. The smallest absolute Gasteiger partial charge is 0.251 e. The molecule has 0 aliphatic carbocycles. The zero-order valence-electron chi connectivity index (χ0n) is 18.8. The summed E-state index contributed by atoms with van der Waals surface area (Å²) in [5.41, 5.74) is 6.01. The number of hydrogen-bond donors (Lipinski definition) is 2. The molecule has 0 saturated carbocycles. The van der Waals surface area contributed by atoms with E-state index in [1.54, 1.807) is 23.4 Å². The summed E-state index contributed by atoms with van der Waals surface area (Å²) < 4.78 is 0. The Morgan fingerprint density at radius 2 is 1.74 bits per heavy atom. The molecule has 3 aromatic carbocycles. The highest BCUT2D eigenvalue weighted by Gasteiger charge is 2.28. The molecule has 0 fully saturated rings. The Morgan fingerprint density at radius 1 is 0.971 bits per heavy atom. The second-order valence-electron chi connectivity index (χ2n) is 8.13. The van der Waals surface area contributed by atoms with E-state index < -0.39 is 0 Å². The number of carbonyl (C=O) groups excluding carboxylic acids is 1. The molecule has 2 N–H and O–H groups in total. The standard InChI is InChI=1S/C27H24N6O/c1-18-7-9-20(10-8-18)15-16-28-27(34)21-11-13-22(14-12-21)31-25-26-30-19(2)17-29-33(26)24-6-4-3-5-23(24)32-25/h3-14,17H,2,15-16H2,1H3,(H,28,34)(H,31,32). The third-order valence-corrected chi connectivity index (χ3v) is 5.56. The van der Waals surface area contributed by atoms with Gasteiger partial charge in [-0.25, -0.2) is 15.0 Å². The van der Waals surface area contributed by atoms with E-state index >= 15 is 0 Å². The van der Waals surface area contributed by atoms with E-state index in [0.29, 0.717) is 29.5 Å². The summed E-state index contributed by atoms with van der Waals surface area (Å²) >= 11 is 0. The van der Waals surface area contributed by atoms with E-state index in [1.807, 2.05) is 36.4 Å². The van der Waals surface area contributed by atoms with Gasteiger partial charge >= 0.3 is 0 Å². The highest BCUT2D eigenvalue weighted by Crippen LogP contribution is 2.34. The van der Waals surface area contributed by atoms with Crippen LogP contribution in [0.5, 0.6) is 0 Å². The zero-order chi connectivity index (χ0) is 23.5. The number of rotatable bonds is 5. The first-order valence-electron chi connectivity index (χ1n) is 11.1. The summed E-state index contributed by atoms with van der Waals surface area (Å²) in [7, 11) is 0. The van der Waals surface area contributed by atoms with Crippen molar-refractivity contribution in [2.24, 2.45) is 15.1 Å². The molecule has 0 bridgehead atoms. The topological polar surface area (TPSA) is 81.5 Å². The third-order valence-electron chi connectivity index (χ3n) is 5.56. The second kappa shape index (κ2) is 9.15. The van der Waals surface area contributed by atoms with Crippen LogP contribution in [0.1, 0.15) is 21.5 Å². The van der Waals surface area contributed by atoms with E-state index in [-0.39, 0.29) is 5.91 Å². The van der Waals surface area contributed by atoms with Gasteiger partial charge in [-0.05, 0) is 55.3 Å². The Balaban J connectivity index is 1.26. The van der Waals surface area contributed by atoms with Gasteiger partial charge in [0.1, 0.15) is 0 Å². The molecule has 2 heterocycles. The van der Waals surface area contributed by atoms with Crippen molar-refractivity contribution in [3.63, 3.8) is 0 Å². The van der Waals surface area contributed by atoms with Crippen molar-refractivity contribution in [3.8, 4) is 0 Å². The van der Waals surface area contributed by atoms with Crippen LogP contribution < -0.4 is 15.6 Å². The summed E-state index contributed by atoms with van der Waals surface area (Å²) in [6.45, 7) is 6.53. The molecule has 0 atom stereocenters. The van der Waals surface area contributed by atoms with Crippen LogP contribution in [-0.2, 0) is 6.42 Å². The van der Waals surface area contributed by atoms with E-state index in [4.69, 9.17) is 4.99 Å². The van der Waals surface area contributed by atoms with Gasteiger partial charge in [-0.3, -0.25) is 4.79 Å². The Bertz CT molecular complexity index is 1340. The molecule has 7 nitrogen and oxygen atoms in total. The normalized spacial score (nSPS) is 14.0. The van der Waals surface area contributed by atoms with Crippen LogP contribution in [0.15, 0.2) is 100 Å². The maximum absolute atomic E-state index is 12.5. The van der Waals surface area contributed by atoms with Crippen molar-refractivity contribution in [2.75, 3.05) is 16.9 Å². The van der Waals surface area contributed by atoms with Crippen LogP contribution in [0, 0.1) is 6.92 Å². The van der Waals surface area contributed by atoms with Gasteiger partial charge < -0.3 is 10.6 Å². The van der Waals surface area contributed by atoms with Crippen molar-refractivity contribution < 1.29 is 4.79 Å². The summed E-state index contributed by atoms with van der Waals surface area (Å²) in [6, 6.07) is 23.4. The summed E-state index contributed by atoms with van der Waals surface area (Å²) in [4.78, 5) is 21.8. The van der Waals surface area contributed by atoms with E-state index in [1.165, 1.54) is 11.1 Å². The molecule has 34 heavy (non-hydrogen) atoms. The highest BCUT2D eigenvalue weighted by atomic mass is 16.1. The van der Waals surface area contributed by atoms with Crippen molar-refractivity contribution in [1.82, 2.24) is 5.32 Å². The Morgan fingerprint density at radius 3 is 2.53 bits per heavy atom. The van der Waals surface area contributed by atoms with Crippen molar-refractivity contribution in [1.29, 1.82) is 0 Å². The first kappa shape index (κ1) is 21.3. The number of para-hydroxylation sites is 2. The minimum absolute atomic E-state index is 0.101. The number of fused-ring (bicyclic) bond motifs is 3. The Hall–Kier alpha value is -4.52. The average molecular weight is 449 g/mol. The number of aliphatic imine (C=N–C) groups is 2. The molecule has 3 aromatic rings. The SMILES string of the molecule is C=C1C=NN2C(=N1)C(Nc1ccc(C(=O)NCCc3ccc(C)cc3)cc1)=Nc1ccccc12. The number of carbonyl (C=O) groups is 1. The Kier molecular flexibility index (Phi) is 5.74. The monoisotopic (exact) mass is 448 g/mol. The molecule has 1 amide bonds. The number of allylic oxidation sites excluding steroid dienone is 1. The fraction of sp³-hybridized carbons (Fsp3) is 0.111. The fourth-order valence-electron chi connectivity index (χ4n) is 3.73. The lowest BCUT2D eigenvalue weighted by Crippen LogP contribution is -2.40. The summed E-state index contributed by atoms with van der Waals surface area (Å²) in [6.07, 6.45) is 2.41. The Labute approximate surface area is 198 Å². The first-order valence-corrected chi connectivity index (χ1v) is 11.1. The number of amidine groups is 2. The number of hydrazone groups is 1. The molecule has 0 saturated heterocycles. The lowest BCUT2D eigenvalue weighted by molar-refractivity contribution is 0.0954. The quantitative estimate of drug-likeness (QED) is 0.586. The van der Waals surface area contributed by atoms with Gasteiger partial charge in [-0.1, -0.05) is 48.5 Å². The van der Waals surface area contributed by atoms with Crippen LogP contribution in [0.4, 0.5) is 17.1 Å². The minimum atomic E-state index is -0.101. The molecule has 0 spiro atoms. The lowest BCUT2D eigenvalue weighted by Gasteiger charge is -2.29. The molecular formula is C27H24N6O. The van der Waals surface area contributed by atoms with Gasteiger partial charge in [0.05, 0.1) is 23.3 Å². The average Bonchev–Trinajstić information content (AvgIpc) is 2.86. The fourth-order valence-corrected chi connectivity index (χ4v) is 3.73. The van der Waals surface area contributed by atoms with Gasteiger partial charge in [0.15, 0.2) is 11.7 Å². The minimum Gasteiger partial charge on any atom is -0.352 e. The van der Waals surface area contributed by atoms with Crippen molar-refractivity contribution in [2.45, 2.75) is 13.3 Å². The predicted octanol–water partition coefficient (Wildman–Crippen LogP) is 4.84. The summed E-state index contributed by atoms with van der Waals surface area (Å²) in [5, 5.41) is 12.5. The van der Waals surface area contributed by atoms with E-state index in [0.717, 1.165) is 23.5 Å². The maximum atomic E-state index is 12.5. The van der Waals surface area contributed by atoms with Gasteiger partial charge in [0, 0.05) is 17.8 Å². The van der Waals surface area contributed by atoms with Crippen molar-refractivity contribution in [3.05, 3.63) is 102 Å². The van der Waals surface area contributed by atoms with Crippen LogP contribution in [0.2, 0.25) is 0 Å². The van der Waals surface area contributed by atoms with E-state index in [9.17, 15) is 4.79 Å². The van der Waals surface area contributed by atoms with Crippen LogP contribution in [0.3, 0.4) is 0 Å². The number of benzene rings is 3. The molecule has 2 aliphatic heterocycles. The molecule has 168 valence electrons. The molecule has 7 heteroatoms. The largest absolute Gasteiger partial charge is 0.352 e. The molecule has 0 unspecified atom stereocenters. The van der Waals surface area contributed by atoms with E-state index in [2.05, 4.69) is 58.5 Å². The van der Waals surface area contributed by atoms with Crippen molar-refractivity contribution >= 4 is 40.9 Å². The van der Waals surface area contributed by atoms with Gasteiger partial charge in [-0.2, -0.15) is 5.10 Å². The molecular weight excluding hydrogens is 424 g/mol. The lowest BCUT2D eigenvalue weighted by atomic mass is 10.1. The third kappa shape index (κ3) is 4.49. The molecule has 0 radical (unpaired) electrons. The summed E-state index contributed by atoms with van der Waals surface area (Å²) in [5.74, 6) is 1.03. The number of nitrogens with zero attached hydrogens (tertiary/aromatic N) is 4. The van der Waals surface area contributed by atoms with Crippen LogP contribution >= 0.6 is 0 Å². The van der Waals surface area contributed by atoms with Crippen LogP contribution in [0.25, 0.3) is 0 Å². The van der Waals surface area contributed by atoms with Crippen LogP contribution in [-0.4, -0.2) is 30.3 Å². The number of nitrogens with one attached hydrogen (secondary N) is 2. The second-order valence-corrected chi connectivity index (χ2v) is 8.13. The highest BCUT2D eigenvalue weighted by molar-refractivity contribution is 6.51. The van der Waals surface area contributed by atoms with Gasteiger partial charge in [-0.15, -0.1) is 0 Å². The van der Waals surface area contributed by atoms with Gasteiger partial charge in [0.25, 0.3) is 5.91 Å². The number of aryl methyl sites for hydroxylation is 1. The number of amides is 1. The zero-order valence-corrected chi connectivity index (χ0v) is 18.8. The first-order chi connectivity index (χ1) is 16.6. The predicted molar refractivity (Wildman–Crippen MR) is 138 cm³/mol. The number of anilines is 2. The van der Waals surface area contributed by atoms with Gasteiger partial charge in [0.2, 0.25) is 0 Å².